The Hall–Kier alpha value is -1.18. The van der Waals surface area contributed by atoms with Gasteiger partial charge in [0, 0.05) is 7.05 Å². The third-order valence-electron chi connectivity index (χ3n) is 3.52. The van der Waals surface area contributed by atoms with Gasteiger partial charge >= 0.3 is 0 Å². The highest BCUT2D eigenvalue weighted by molar-refractivity contribution is 5.63. The number of rotatable bonds is 2. The number of anilines is 1. The fourth-order valence-corrected chi connectivity index (χ4v) is 2.33. The Balaban J connectivity index is 2.42. The van der Waals surface area contributed by atoms with Gasteiger partial charge in [0.2, 0.25) is 0 Å². The predicted molar refractivity (Wildman–Crippen MR) is 73.1 cm³/mol. The summed E-state index contributed by atoms with van der Waals surface area (Å²) in [4.78, 5) is 2.31. The molecule has 0 aliphatic carbocycles. The lowest BCUT2D eigenvalue weighted by Gasteiger charge is -2.37. The molecule has 17 heavy (non-hydrogen) atoms. The first-order chi connectivity index (χ1) is 8.00. The van der Waals surface area contributed by atoms with E-state index in [-0.39, 0.29) is 0 Å². The van der Waals surface area contributed by atoms with E-state index in [0.29, 0.717) is 17.9 Å². The van der Waals surface area contributed by atoms with Crippen LogP contribution in [0.4, 0.5) is 5.69 Å². The normalized spacial score (nSPS) is 19.5. The van der Waals surface area contributed by atoms with Gasteiger partial charge in [-0.15, -0.1) is 0 Å². The second-order valence-corrected chi connectivity index (χ2v) is 5.63. The molecule has 2 nitrogen and oxygen atoms in total. The third-order valence-corrected chi connectivity index (χ3v) is 3.52. The van der Waals surface area contributed by atoms with Gasteiger partial charge in [0.15, 0.2) is 0 Å². The van der Waals surface area contributed by atoms with E-state index in [1.165, 1.54) is 11.3 Å². The van der Waals surface area contributed by atoms with Crippen LogP contribution in [0.3, 0.4) is 0 Å². The van der Waals surface area contributed by atoms with Crippen molar-refractivity contribution < 1.29 is 4.74 Å². The van der Waals surface area contributed by atoms with Crippen LogP contribution in [-0.2, 0) is 0 Å². The minimum atomic E-state index is 0.299. The van der Waals surface area contributed by atoms with Gasteiger partial charge in [-0.2, -0.15) is 0 Å². The molecule has 1 aromatic carbocycles. The topological polar surface area (TPSA) is 12.5 Å². The van der Waals surface area contributed by atoms with Crippen LogP contribution in [0.2, 0.25) is 0 Å². The Kier molecular flexibility index (Phi) is 3.32. The highest BCUT2D eigenvalue weighted by Gasteiger charge is 2.27. The van der Waals surface area contributed by atoms with Crippen molar-refractivity contribution in [3.05, 3.63) is 23.8 Å². The molecule has 1 unspecified atom stereocenters. The van der Waals surface area contributed by atoms with Gasteiger partial charge in [0.25, 0.3) is 0 Å². The highest BCUT2D eigenvalue weighted by atomic mass is 16.5. The summed E-state index contributed by atoms with van der Waals surface area (Å²) in [6, 6.07) is 6.46. The van der Waals surface area contributed by atoms with Crippen molar-refractivity contribution >= 4 is 5.69 Å². The Morgan fingerprint density at radius 3 is 2.53 bits per heavy atom. The lowest BCUT2D eigenvalue weighted by Crippen LogP contribution is -2.41. The number of para-hydroxylation sites is 1. The zero-order valence-electron chi connectivity index (χ0n) is 11.5. The highest BCUT2D eigenvalue weighted by Crippen LogP contribution is 2.40. The summed E-state index contributed by atoms with van der Waals surface area (Å²) in [5, 5.41) is 0. The van der Waals surface area contributed by atoms with E-state index in [4.69, 9.17) is 4.74 Å². The molecule has 0 spiro atoms. The Labute approximate surface area is 105 Å². The molecule has 2 rings (SSSR count). The number of benzene rings is 1. The molecule has 0 aromatic heterocycles. The molecule has 0 amide bonds. The Morgan fingerprint density at radius 2 is 1.94 bits per heavy atom. The van der Waals surface area contributed by atoms with E-state index >= 15 is 0 Å². The first kappa shape index (κ1) is 12.3. The average Bonchev–Trinajstić information content (AvgIpc) is 2.27. The van der Waals surface area contributed by atoms with Gasteiger partial charge in [-0.1, -0.05) is 39.8 Å². The minimum absolute atomic E-state index is 0.299. The smallest absolute Gasteiger partial charge is 0.146 e. The van der Waals surface area contributed by atoms with Crippen molar-refractivity contribution in [3.63, 3.8) is 0 Å². The molecule has 0 saturated heterocycles. The fourth-order valence-electron chi connectivity index (χ4n) is 2.33. The van der Waals surface area contributed by atoms with Crippen molar-refractivity contribution in [2.45, 2.75) is 39.7 Å². The fraction of sp³-hybridized carbons (Fsp3) is 0.600. The maximum atomic E-state index is 6.21. The van der Waals surface area contributed by atoms with E-state index in [1.54, 1.807) is 0 Å². The number of ether oxygens (including phenoxy) is 1. The lowest BCUT2D eigenvalue weighted by atomic mass is 9.98. The first-order valence-electron chi connectivity index (χ1n) is 6.51. The van der Waals surface area contributed by atoms with Crippen LogP contribution < -0.4 is 9.64 Å². The van der Waals surface area contributed by atoms with Crippen molar-refractivity contribution in [1.29, 1.82) is 0 Å². The number of fused-ring (bicyclic) bond motifs is 1. The summed E-state index contributed by atoms with van der Waals surface area (Å²) in [6.07, 6.45) is 0.299. The van der Waals surface area contributed by atoms with Crippen LogP contribution in [0.15, 0.2) is 18.2 Å². The van der Waals surface area contributed by atoms with E-state index in [2.05, 4.69) is 57.8 Å². The maximum absolute atomic E-state index is 6.21. The lowest BCUT2D eigenvalue weighted by molar-refractivity contribution is 0.146. The predicted octanol–water partition coefficient (Wildman–Crippen LogP) is 3.66. The van der Waals surface area contributed by atoms with E-state index in [9.17, 15) is 0 Å². The molecule has 0 N–H and O–H groups in total. The first-order valence-corrected chi connectivity index (χ1v) is 6.51. The molecule has 1 heterocycles. The zero-order valence-corrected chi connectivity index (χ0v) is 11.5. The van der Waals surface area contributed by atoms with Gasteiger partial charge < -0.3 is 9.64 Å². The molecule has 1 aromatic rings. The third kappa shape index (κ3) is 2.26. The van der Waals surface area contributed by atoms with Crippen LogP contribution in [0, 0.1) is 5.92 Å². The Morgan fingerprint density at radius 1 is 1.24 bits per heavy atom. The second kappa shape index (κ2) is 4.59. The van der Waals surface area contributed by atoms with Gasteiger partial charge in [-0.05, 0) is 23.5 Å². The number of likely N-dealkylation sites (N-methyl/N-ethyl adjacent to an activating group) is 1. The molecule has 1 atom stereocenters. The number of hydrogen-bond acceptors (Lipinski definition) is 2. The molecule has 0 bridgehead atoms. The van der Waals surface area contributed by atoms with Crippen LogP contribution in [0.5, 0.6) is 5.75 Å². The summed E-state index contributed by atoms with van der Waals surface area (Å²) in [5.41, 5.74) is 2.55. The molecule has 94 valence electrons. The van der Waals surface area contributed by atoms with Crippen molar-refractivity contribution in [2.24, 2.45) is 5.92 Å². The second-order valence-electron chi connectivity index (χ2n) is 5.63. The zero-order chi connectivity index (χ0) is 12.6. The summed E-state index contributed by atoms with van der Waals surface area (Å²) < 4.78 is 6.21. The molecule has 0 radical (unpaired) electrons. The van der Waals surface area contributed by atoms with Gasteiger partial charge in [-0.25, -0.2) is 0 Å². The van der Waals surface area contributed by atoms with Crippen LogP contribution in [0.25, 0.3) is 0 Å². The molecule has 1 aliphatic heterocycles. The molecule has 0 saturated carbocycles. The van der Waals surface area contributed by atoms with Crippen LogP contribution in [0.1, 0.15) is 39.2 Å². The molecular formula is C15H23NO. The summed E-state index contributed by atoms with van der Waals surface area (Å²) >= 11 is 0. The maximum Gasteiger partial charge on any atom is 0.146 e. The SMILES string of the molecule is CC(C)c1cccc2c1OC(C(C)C)CN2C. The average molecular weight is 233 g/mol. The summed E-state index contributed by atoms with van der Waals surface area (Å²) in [5.74, 6) is 2.14. The number of hydrogen-bond donors (Lipinski definition) is 0. The van der Waals surface area contributed by atoms with E-state index in [1.807, 2.05) is 0 Å². The molecule has 2 heteroatoms. The van der Waals surface area contributed by atoms with E-state index in [0.717, 1.165) is 12.3 Å². The molecular weight excluding hydrogens is 210 g/mol. The van der Waals surface area contributed by atoms with Crippen molar-refractivity contribution in [1.82, 2.24) is 0 Å². The molecule has 1 aliphatic rings. The van der Waals surface area contributed by atoms with Gasteiger partial charge in [0.05, 0.1) is 12.2 Å². The quantitative estimate of drug-likeness (QED) is 0.773. The Bertz CT molecular complexity index is 384. The van der Waals surface area contributed by atoms with Crippen molar-refractivity contribution in [2.75, 3.05) is 18.5 Å². The van der Waals surface area contributed by atoms with Crippen LogP contribution in [-0.4, -0.2) is 19.7 Å². The summed E-state index contributed by atoms with van der Waals surface area (Å²) in [7, 11) is 2.15. The van der Waals surface area contributed by atoms with Gasteiger partial charge in [-0.3, -0.25) is 0 Å². The standard InChI is InChI=1S/C15H23NO/c1-10(2)12-7-6-8-13-15(12)17-14(11(3)4)9-16(13)5/h6-8,10-11,14H,9H2,1-5H3. The summed E-state index contributed by atoms with van der Waals surface area (Å²) in [6.45, 7) is 9.87. The van der Waals surface area contributed by atoms with Crippen LogP contribution >= 0.6 is 0 Å². The minimum Gasteiger partial charge on any atom is -0.486 e. The van der Waals surface area contributed by atoms with E-state index < -0.39 is 0 Å². The largest absolute Gasteiger partial charge is 0.486 e. The monoisotopic (exact) mass is 233 g/mol. The van der Waals surface area contributed by atoms with Crippen molar-refractivity contribution in [3.8, 4) is 5.75 Å². The molecule has 0 fully saturated rings. The van der Waals surface area contributed by atoms with Gasteiger partial charge in [0.1, 0.15) is 11.9 Å². The number of nitrogens with zero attached hydrogens (tertiary/aromatic N) is 1.